The molecule has 0 bridgehead atoms. The van der Waals surface area contributed by atoms with Crippen molar-refractivity contribution in [3.63, 3.8) is 0 Å². The summed E-state index contributed by atoms with van der Waals surface area (Å²) in [6, 6.07) is 14.2. The first-order chi connectivity index (χ1) is 24.6. The minimum Gasteiger partial charge on any atom is -0.508 e. The summed E-state index contributed by atoms with van der Waals surface area (Å²) in [7, 11) is 1.45. The van der Waals surface area contributed by atoms with Crippen LogP contribution in [0.2, 0.25) is 0 Å². The minimum atomic E-state index is -1.56. The lowest BCUT2D eigenvalue weighted by molar-refractivity contribution is -0.142. The summed E-state index contributed by atoms with van der Waals surface area (Å²) in [6.07, 6.45) is -3.57. The molecule has 278 valence electrons. The number of methoxy groups -OCH3 is 1. The number of phenols is 1. The van der Waals surface area contributed by atoms with Crippen molar-refractivity contribution in [3.8, 4) is 11.5 Å². The molecule has 5 unspecified atom stereocenters. The largest absolute Gasteiger partial charge is 0.508 e. The number of carbonyl (C=O) groups is 2. The number of hydrogen-bond donors (Lipinski definition) is 11. The SMILES string of the molecule is COc1c(C(O)NC(C(=O)O)C(NC(=O)CNC(O)c2cc(O)cc(NC3=NCC(O)CN3)c2)c2cc(Br)cc(C(C)(C)C)c2)[nH]c2ccccc12. The van der Waals surface area contributed by atoms with E-state index in [1.54, 1.807) is 30.3 Å². The Morgan fingerprint density at radius 1 is 1.06 bits per heavy atom. The molecule has 5 rings (SSSR count). The number of fused-ring (bicyclic) bond motifs is 1. The normalized spacial score (nSPS) is 17.0. The summed E-state index contributed by atoms with van der Waals surface area (Å²) in [6.45, 7) is 6.05. The highest BCUT2D eigenvalue weighted by molar-refractivity contribution is 9.10. The number of aliphatic hydroxyl groups is 3. The Hall–Kier alpha value is -4.71. The number of rotatable bonds is 13. The van der Waals surface area contributed by atoms with Crippen LogP contribution in [0.1, 0.15) is 61.7 Å². The average Bonchev–Trinajstić information content (AvgIpc) is 3.47. The zero-order valence-electron chi connectivity index (χ0n) is 29.1. The van der Waals surface area contributed by atoms with E-state index in [9.17, 15) is 35.1 Å². The quantitative estimate of drug-likeness (QED) is 0.0880. The van der Waals surface area contributed by atoms with Crippen LogP contribution in [0.5, 0.6) is 11.5 Å². The number of para-hydroxylation sites is 1. The predicted molar refractivity (Wildman–Crippen MR) is 199 cm³/mol. The molecule has 5 atom stereocenters. The first kappa shape index (κ1) is 38.5. The monoisotopic (exact) mass is 781 g/mol. The summed E-state index contributed by atoms with van der Waals surface area (Å²) in [5.74, 6) is -1.46. The highest BCUT2D eigenvalue weighted by Crippen LogP contribution is 2.35. The molecule has 2 heterocycles. The van der Waals surface area contributed by atoms with Gasteiger partial charge in [-0.3, -0.25) is 25.2 Å². The molecule has 1 aliphatic rings. The maximum Gasteiger partial charge on any atom is 0.323 e. The molecule has 1 amide bonds. The van der Waals surface area contributed by atoms with Gasteiger partial charge in [-0.1, -0.05) is 54.9 Å². The number of carbonyl (C=O) groups excluding carboxylic acids is 1. The average molecular weight is 783 g/mol. The van der Waals surface area contributed by atoms with Gasteiger partial charge < -0.3 is 51.2 Å². The number of aromatic nitrogens is 1. The number of halogens is 1. The van der Waals surface area contributed by atoms with Gasteiger partial charge in [0.25, 0.3) is 0 Å². The molecule has 3 aromatic carbocycles. The van der Waals surface area contributed by atoms with Crippen molar-refractivity contribution in [2.24, 2.45) is 4.99 Å². The van der Waals surface area contributed by atoms with Crippen molar-refractivity contribution in [1.29, 1.82) is 0 Å². The number of carboxylic acid groups (broad SMARTS) is 1. The fraction of sp³-hybridized carbons (Fsp3) is 0.361. The van der Waals surface area contributed by atoms with Crippen molar-refractivity contribution in [1.82, 2.24) is 26.3 Å². The second kappa shape index (κ2) is 16.3. The summed E-state index contributed by atoms with van der Waals surface area (Å²) >= 11 is 3.53. The van der Waals surface area contributed by atoms with E-state index in [1.807, 2.05) is 39.0 Å². The van der Waals surface area contributed by atoms with E-state index < -0.39 is 49.1 Å². The smallest absolute Gasteiger partial charge is 0.323 e. The topological polar surface area (TPSA) is 233 Å². The summed E-state index contributed by atoms with van der Waals surface area (Å²) in [5.41, 5.74) is 2.48. The zero-order valence-corrected chi connectivity index (χ0v) is 30.7. The van der Waals surface area contributed by atoms with Crippen molar-refractivity contribution in [3.05, 3.63) is 87.5 Å². The first-order valence-corrected chi connectivity index (χ1v) is 17.3. The van der Waals surface area contributed by atoms with Gasteiger partial charge in [0.1, 0.15) is 29.9 Å². The molecule has 1 aromatic heterocycles. The number of aromatic amines is 1. The van der Waals surface area contributed by atoms with Gasteiger partial charge in [-0.25, -0.2) is 0 Å². The van der Waals surface area contributed by atoms with Crippen LogP contribution in [0.4, 0.5) is 5.69 Å². The van der Waals surface area contributed by atoms with Crippen LogP contribution in [0.3, 0.4) is 0 Å². The van der Waals surface area contributed by atoms with E-state index in [-0.39, 0.29) is 29.0 Å². The Morgan fingerprint density at radius 3 is 2.48 bits per heavy atom. The summed E-state index contributed by atoms with van der Waals surface area (Å²) in [4.78, 5) is 33.8. The Kier molecular flexibility index (Phi) is 12.1. The Labute approximate surface area is 308 Å². The van der Waals surface area contributed by atoms with Crippen LogP contribution in [0, 0.1) is 0 Å². The van der Waals surface area contributed by atoms with E-state index in [2.05, 4.69) is 52.5 Å². The number of ether oxygens (including phenoxy) is 1. The minimum absolute atomic E-state index is 0.161. The van der Waals surface area contributed by atoms with Gasteiger partial charge in [0, 0.05) is 39.2 Å². The molecular weight excluding hydrogens is 738 g/mol. The third kappa shape index (κ3) is 9.39. The van der Waals surface area contributed by atoms with Crippen molar-refractivity contribution in [2.75, 3.05) is 32.1 Å². The number of carboxylic acids is 1. The van der Waals surface area contributed by atoms with Gasteiger partial charge >= 0.3 is 5.97 Å². The number of anilines is 1. The maximum absolute atomic E-state index is 13.5. The number of nitrogens with zero attached hydrogens (tertiary/aromatic N) is 1. The summed E-state index contributed by atoms with van der Waals surface area (Å²) < 4.78 is 6.22. The molecule has 15 nitrogen and oxygen atoms in total. The van der Waals surface area contributed by atoms with Gasteiger partial charge in [-0.15, -0.1) is 0 Å². The molecule has 4 aromatic rings. The van der Waals surface area contributed by atoms with Gasteiger partial charge in [0.05, 0.1) is 32.3 Å². The number of benzene rings is 3. The van der Waals surface area contributed by atoms with Crippen LogP contribution in [-0.2, 0) is 15.0 Å². The lowest BCUT2D eigenvalue weighted by Crippen LogP contribution is -2.51. The molecule has 1 aliphatic heterocycles. The number of β-amino-alcohol motifs (C(OH)–C–C–N with tert-alkyl or cyclic N) is 1. The molecule has 0 fully saturated rings. The molecule has 16 heteroatoms. The van der Waals surface area contributed by atoms with Crippen molar-refractivity contribution < 1.29 is 39.9 Å². The van der Waals surface area contributed by atoms with Gasteiger partial charge in [0.2, 0.25) is 5.91 Å². The van der Waals surface area contributed by atoms with Crippen LogP contribution < -0.4 is 31.3 Å². The van der Waals surface area contributed by atoms with E-state index in [0.717, 1.165) is 5.56 Å². The molecule has 11 N–H and O–H groups in total. The second-order valence-electron chi connectivity index (χ2n) is 13.5. The van der Waals surface area contributed by atoms with Gasteiger partial charge in [-0.05, 0) is 52.9 Å². The molecule has 0 spiro atoms. The second-order valence-corrected chi connectivity index (χ2v) is 14.4. The lowest BCUT2D eigenvalue weighted by atomic mass is 9.84. The molecule has 0 saturated carbocycles. The Morgan fingerprint density at radius 2 is 1.81 bits per heavy atom. The zero-order chi connectivity index (χ0) is 37.7. The number of aliphatic hydroxyl groups excluding tert-OH is 3. The number of nitrogens with one attached hydrogen (secondary N) is 6. The first-order valence-electron chi connectivity index (χ1n) is 16.5. The number of amides is 1. The highest BCUT2D eigenvalue weighted by Gasteiger charge is 2.35. The number of phenolic OH excluding ortho intramolecular Hbond substituents is 1. The van der Waals surface area contributed by atoms with Crippen LogP contribution in [-0.4, -0.2) is 87.2 Å². The van der Waals surface area contributed by atoms with Crippen LogP contribution in [0.15, 0.2) is 70.1 Å². The lowest BCUT2D eigenvalue weighted by Gasteiger charge is -2.30. The summed E-state index contributed by atoms with van der Waals surface area (Å²) in [5, 5.41) is 67.7. The number of H-pyrrole nitrogens is 1. The van der Waals surface area contributed by atoms with E-state index >= 15 is 0 Å². The van der Waals surface area contributed by atoms with Crippen LogP contribution >= 0.6 is 15.9 Å². The van der Waals surface area contributed by atoms with Crippen molar-refractivity contribution in [2.45, 2.75) is 56.8 Å². The van der Waals surface area contributed by atoms with Crippen molar-refractivity contribution >= 4 is 50.4 Å². The number of aliphatic imine (C=N–C) groups is 1. The third-order valence-corrected chi connectivity index (χ3v) is 8.96. The predicted octanol–water partition coefficient (Wildman–Crippen LogP) is 2.85. The van der Waals surface area contributed by atoms with Gasteiger partial charge in [-0.2, -0.15) is 0 Å². The maximum atomic E-state index is 13.5. The number of aromatic hydroxyl groups is 1. The van der Waals surface area contributed by atoms with Crippen LogP contribution in [0.25, 0.3) is 10.9 Å². The molecular formula is C36H44BrN7O8. The number of guanidine groups is 1. The highest BCUT2D eigenvalue weighted by atomic mass is 79.9. The fourth-order valence-electron chi connectivity index (χ4n) is 5.85. The number of hydrogen-bond acceptors (Lipinski definition) is 12. The Balaban J connectivity index is 1.38. The fourth-order valence-corrected chi connectivity index (χ4v) is 6.36. The van der Waals surface area contributed by atoms with Gasteiger partial charge in [0.15, 0.2) is 11.7 Å². The third-order valence-electron chi connectivity index (χ3n) is 8.50. The standard InChI is InChI=1S/C36H44BrN7O8/c1-36(2,3)20-9-18(10-21(37)13-20)28(29(34(50)51)44-33(49)30-31(52-4)25-7-5-6-8-26(25)42-30)43-27(47)17-38-32(48)19-11-22(14-23(45)12-19)41-35-39-15-24(46)16-40-35/h5-14,24,28-29,32-33,38,42,44-46,48-49H,15-17H2,1-4H3,(H,43,47)(H,50,51)(H2,39,40,41). The van der Waals surface area contributed by atoms with E-state index in [4.69, 9.17) is 4.74 Å². The molecule has 0 aliphatic carbocycles. The molecule has 0 radical (unpaired) electrons. The van der Waals surface area contributed by atoms with E-state index in [0.29, 0.717) is 44.9 Å². The number of aliphatic carboxylic acids is 1. The Bertz CT molecular complexity index is 1950. The van der Waals surface area contributed by atoms with E-state index in [1.165, 1.54) is 19.2 Å². The molecule has 0 saturated heterocycles. The molecule has 52 heavy (non-hydrogen) atoms.